The molecule has 0 aliphatic carbocycles. The topological polar surface area (TPSA) is 54.4 Å². The summed E-state index contributed by atoms with van der Waals surface area (Å²) >= 11 is 0. The molecule has 0 saturated carbocycles. The first-order valence-corrected chi connectivity index (χ1v) is 3.81. The second-order valence-electron chi connectivity index (χ2n) is 2.26. The van der Waals surface area contributed by atoms with E-state index < -0.39 is 0 Å². The van der Waals surface area contributed by atoms with Gasteiger partial charge in [-0.1, -0.05) is 0 Å². The van der Waals surface area contributed by atoms with E-state index in [0.29, 0.717) is 13.2 Å². The van der Waals surface area contributed by atoms with Crippen molar-refractivity contribution in [1.82, 2.24) is 10.5 Å². The quantitative estimate of drug-likeness (QED) is 0.516. The SMILES string of the molecule is CCONCc1ccc(O)cn1. The van der Waals surface area contributed by atoms with Gasteiger partial charge in [0, 0.05) is 0 Å². The molecule has 0 aliphatic heterocycles. The lowest BCUT2D eigenvalue weighted by atomic mass is 10.3. The van der Waals surface area contributed by atoms with Crippen LogP contribution in [0, 0.1) is 0 Å². The van der Waals surface area contributed by atoms with E-state index in [4.69, 9.17) is 9.94 Å². The van der Waals surface area contributed by atoms with Crippen LogP contribution in [0.25, 0.3) is 0 Å². The highest BCUT2D eigenvalue weighted by molar-refractivity contribution is 5.17. The van der Waals surface area contributed by atoms with Crippen molar-refractivity contribution >= 4 is 0 Å². The maximum atomic E-state index is 8.91. The maximum Gasteiger partial charge on any atom is 0.133 e. The molecule has 4 heteroatoms. The monoisotopic (exact) mass is 168 g/mol. The fraction of sp³-hybridized carbons (Fsp3) is 0.375. The molecule has 1 rings (SSSR count). The van der Waals surface area contributed by atoms with E-state index in [9.17, 15) is 0 Å². The van der Waals surface area contributed by atoms with Crippen molar-refractivity contribution in [3.05, 3.63) is 24.0 Å². The maximum absolute atomic E-state index is 8.91. The number of aromatic hydroxyl groups is 1. The number of hydrogen-bond donors (Lipinski definition) is 2. The largest absolute Gasteiger partial charge is 0.506 e. The Bertz CT molecular complexity index is 223. The third-order valence-electron chi connectivity index (χ3n) is 1.31. The van der Waals surface area contributed by atoms with Gasteiger partial charge in [-0.25, -0.2) is 0 Å². The van der Waals surface area contributed by atoms with Gasteiger partial charge < -0.3 is 9.94 Å². The van der Waals surface area contributed by atoms with Crippen molar-refractivity contribution in [3.63, 3.8) is 0 Å². The summed E-state index contributed by atoms with van der Waals surface area (Å²) in [6, 6.07) is 3.33. The fourth-order valence-corrected chi connectivity index (χ4v) is 0.748. The Labute approximate surface area is 71.2 Å². The number of hydroxylamine groups is 1. The standard InChI is InChI=1S/C8H12N2O2/c1-2-12-10-5-7-3-4-8(11)6-9-7/h3-4,6,10-11H,2,5H2,1H3. The Morgan fingerprint density at radius 2 is 2.42 bits per heavy atom. The van der Waals surface area contributed by atoms with Crippen LogP contribution in [-0.4, -0.2) is 16.7 Å². The van der Waals surface area contributed by atoms with Crippen molar-refractivity contribution in [3.8, 4) is 5.75 Å². The second-order valence-corrected chi connectivity index (χ2v) is 2.26. The molecule has 1 heterocycles. The van der Waals surface area contributed by atoms with Crippen molar-refractivity contribution < 1.29 is 9.94 Å². The summed E-state index contributed by atoms with van der Waals surface area (Å²) in [6.45, 7) is 3.07. The Morgan fingerprint density at radius 3 is 3.00 bits per heavy atom. The molecule has 0 atom stereocenters. The average Bonchev–Trinajstić information content (AvgIpc) is 2.09. The number of rotatable bonds is 4. The minimum Gasteiger partial charge on any atom is -0.506 e. The predicted molar refractivity (Wildman–Crippen MR) is 44.4 cm³/mol. The summed E-state index contributed by atoms with van der Waals surface area (Å²) in [4.78, 5) is 8.87. The predicted octanol–water partition coefficient (Wildman–Crippen LogP) is 0.828. The van der Waals surface area contributed by atoms with Gasteiger partial charge in [0.05, 0.1) is 25.0 Å². The highest BCUT2D eigenvalue weighted by Crippen LogP contribution is 2.05. The first-order valence-electron chi connectivity index (χ1n) is 3.81. The lowest BCUT2D eigenvalue weighted by Gasteiger charge is -2.02. The van der Waals surface area contributed by atoms with Gasteiger partial charge in [0.25, 0.3) is 0 Å². The van der Waals surface area contributed by atoms with Gasteiger partial charge >= 0.3 is 0 Å². The van der Waals surface area contributed by atoms with Crippen LogP contribution in [-0.2, 0) is 11.4 Å². The summed E-state index contributed by atoms with van der Waals surface area (Å²) in [5.41, 5.74) is 3.56. The molecule has 0 radical (unpaired) electrons. The Kier molecular flexibility index (Phi) is 3.50. The molecule has 0 unspecified atom stereocenters. The van der Waals surface area contributed by atoms with Gasteiger partial charge in [-0.05, 0) is 19.1 Å². The fourth-order valence-electron chi connectivity index (χ4n) is 0.748. The molecule has 1 aromatic heterocycles. The number of hydrogen-bond acceptors (Lipinski definition) is 4. The van der Waals surface area contributed by atoms with Gasteiger partial charge in [-0.2, -0.15) is 5.48 Å². The summed E-state index contributed by atoms with van der Waals surface area (Å²) < 4.78 is 0. The number of nitrogens with one attached hydrogen (secondary N) is 1. The van der Waals surface area contributed by atoms with Crippen molar-refractivity contribution in [2.45, 2.75) is 13.5 Å². The molecule has 0 spiro atoms. The van der Waals surface area contributed by atoms with E-state index in [2.05, 4.69) is 10.5 Å². The lowest BCUT2D eigenvalue weighted by Crippen LogP contribution is -2.14. The third-order valence-corrected chi connectivity index (χ3v) is 1.31. The van der Waals surface area contributed by atoms with Crippen LogP contribution < -0.4 is 5.48 Å². The minimum absolute atomic E-state index is 0.176. The minimum atomic E-state index is 0.176. The molecule has 0 aromatic carbocycles. The Morgan fingerprint density at radius 1 is 1.58 bits per heavy atom. The van der Waals surface area contributed by atoms with Gasteiger partial charge in [0.2, 0.25) is 0 Å². The van der Waals surface area contributed by atoms with Gasteiger partial charge in [-0.15, -0.1) is 0 Å². The molecule has 0 saturated heterocycles. The normalized spacial score (nSPS) is 10.1. The van der Waals surface area contributed by atoms with Gasteiger partial charge in [0.1, 0.15) is 5.75 Å². The summed E-state index contributed by atoms with van der Waals surface area (Å²) in [5.74, 6) is 0.176. The zero-order valence-corrected chi connectivity index (χ0v) is 6.95. The number of pyridine rings is 1. The molecular weight excluding hydrogens is 156 g/mol. The van der Waals surface area contributed by atoms with Crippen LogP contribution in [0.3, 0.4) is 0 Å². The van der Waals surface area contributed by atoms with Crippen LogP contribution in [0.1, 0.15) is 12.6 Å². The van der Waals surface area contributed by atoms with Gasteiger partial charge in [0.15, 0.2) is 0 Å². The van der Waals surface area contributed by atoms with E-state index >= 15 is 0 Å². The molecule has 0 amide bonds. The van der Waals surface area contributed by atoms with Gasteiger partial charge in [-0.3, -0.25) is 4.98 Å². The van der Waals surface area contributed by atoms with Crippen LogP contribution in [0.15, 0.2) is 18.3 Å². The highest BCUT2D eigenvalue weighted by atomic mass is 16.6. The lowest BCUT2D eigenvalue weighted by molar-refractivity contribution is 0.0456. The van der Waals surface area contributed by atoms with Crippen molar-refractivity contribution in [2.24, 2.45) is 0 Å². The van der Waals surface area contributed by atoms with Crippen LogP contribution in [0.2, 0.25) is 0 Å². The molecule has 4 nitrogen and oxygen atoms in total. The highest BCUT2D eigenvalue weighted by Gasteiger charge is 1.93. The molecule has 66 valence electrons. The first kappa shape index (κ1) is 8.96. The van der Waals surface area contributed by atoms with Crippen LogP contribution in [0.4, 0.5) is 0 Å². The second kappa shape index (κ2) is 4.69. The molecule has 1 aromatic rings. The summed E-state index contributed by atoms with van der Waals surface area (Å²) in [6.07, 6.45) is 1.41. The van der Waals surface area contributed by atoms with Crippen molar-refractivity contribution in [2.75, 3.05) is 6.61 Å². The molecular formula is C8H12N2O2. The number of aromatic nitrogens is 1. The molecule has 0 aliphatic rings. The van der Waals surface area contributed by atoms with E-state index in [1.807, 2.05) is 6.92 Å². The molecule has 2 N–H and O–H groups in total. The smallest absolute Gasteiger partial charge is 0.133 e. The molecule has 0 fully saturated rings. The summed E-state index contributed by atoms with van der Waals surface area (Å²) in [5, 5.41) is 8.91. The van der Waals surface area contributed by atoms with E-state index in [-0.39, 0.29) is 5.75 Å². The zero-order valence-electron chi connectivity index (χ0n) is 6.95. The summed E-state index contributed by atoms with van der Waals surface area (Å²) in [7, 11) is 0. The van der Waals surface area contributed by atoms with Crippen molar-refractivity contribution in [1.29, 1.82) is 0 Å². The zero-order chi connectivity index (χ0) is 8.81. The molecule has 0 bridgehead atoms. The Hall–Kier alpha value is -1.13. The van der Waals surface area contributed by atoms with Crippen LogP contribution in [0.5, 0.6) is 5.75 Å². The van der Waals surface area contributed by atoms with E-state index in [0.717, 1.165) is 5.69 Å². The average molecular weight is 168 g/mol. The number of nitrogens with zero attached hydrogens (tertiary/aromatic N) is 1. The first-order chi connectivity index (χ1) is 5.83. The third kappa shape index (κ3) is 2.86. The Balaban J connectivity index is 2.37. The molecule has 12 heavy (non-hydrogen) atoms. The van der Waals surface area contributed by atoms with E-state index in [1.165, 1.54) is 6.20 Å². The van der Waals surface area contributed by atoms with E-state index in [1.54, 1.807) is 12.1 Å². The van der Waals surface area contributed by atoms with Crippen LogP contribution >= 0.6 is 0 Å².